The minimum atomic E-state index is -0.250. The molecular weight excluding hydrogens is 150 g/mol. The number of rotatable bonds is 0. The van der Waals surface area contributed by atoms with Crippen molar-refractivity contribution < 1.29 is 5.11 Å². The first-order valence-electron chi connectivity index (χ1n) is 4.30. The van der Waals surface area contributed by atoms with E-state index >= 15 is 0 Å². The smallest absolute Gasteiger partial charge is 0.0779 e. The van der Waals surface area contributed by atoms with Crippen molar-refractivity contribution in [1.82, 2.24) is 0 Å². The van der Waals surface area contributed by atoms with Crippen LogP contribution >= 0.6 is 0 Å². The van der Waals surface area contributed by atoms with Gasteiger partial charge >= 0.3 is 0 Å². The summed E-state index contributed by atoms with van der Waals surface area (Å²) < 4.78 is 0. The SMILES string of the molecule is C[C@H]1Nc2ccccc2C[C@@H]1O. The second-order valence-electron chi connectivity index (χ2n) is 3.36. The molecule has 0 amide bonds. The van der Waals surface area contributed by atoms with Crippen molar-refractivity contribution in [1.29, 1.82) is 0 Å². The third-order valence-corrected chi connectivity index (χ3v) is 2.41. The van der Waals surface area contributed by atoms with E-state index in [1.165, 1.54) is 5.56 Å². The van der Waals surface area contributed by atoms with Crippen molar-refractivity contribution in [2.75, 3.05) is 5.32 Å². The quantitative estimate of drug-likeness (QED) is 0.606. The van der Waals surface area contributed by atoms with E-state index in [2.05, 4.69) is 17.4 Å². The first-order chi connectivity index (χ1) is 5.77. The molecule has 12 heavy (non-hydrogen) atoms. The van der Waals surface area contributed by atoms with Crippen LogP contribution in [0.4, 0.5) is 5.69 Å². The first-order valence-corrected chi connectivity index (χ1v) is 4.30. The zero-order valence-corrected chi connectivity index (χ0v) is 7.12. The molecule has 1 heterocycles. The second kappa shape index (κ2) is 2.79. The fourth-order valence-electron chi connectivity index (χ4n) is 1.58. The Morgan fingerprint density at radius 3 is 3.00 bits per heavy atom. The standard InChI is InChI=1S/C10H13NO/c1-7-10(12)6-8-4-2-3-5-9(8)11-7/h2-5,7,10-12H,6H2,1H3/t7-,10+/m1/s1. The molecule has 64 valence electrons. The predicted octanol–water partition coefficient (Wildman–Crippen LogP) is 1.40. The van der Waals surface area contributed by atoms with Crippen LogP contribution in [0.5, 0.6) is 0 Å². The Morgan fingerprint density at radius 1 is 1.42 bits per heavy atom. The average Bonchev–Trinajstić information content (AvgIpc) is 2.07. The molecule has 1 aliphatic rings. The Balaban J connectivity index is 2.34. The number of hydrogen-bond donors (Lipinski definition) is 2. The van der Waals surface area contributed by atoms with Gasteiger partial charge in [-0.1, -0.05) is 18.2 Å². The molecule has 0 saturated carbocycles. The van der Waals surface area contributed by atoms with Crippen LogP contribution in [0.1, 0.15) is 12.5 Å². The molecule has 0 spiro atoms. The minimum Gasteiger partial charge on any atom is -0.391 e. The van der Waals surface area contributed by atoms with E-state index in [1.54, 1.807) is 0 Å². The Kier molecular flexibility index (Phi) is 1.77. The van der Waals surface area contributed by atoms with Crippen LogP contribution in [-0.4, -0.2) is 17.3 Å². The summed E-state index contributed by atoms with van der Waals surface area (Å²) in [5.41, 5.74) is 2.37. The molecule has 0 aliphatic carbocycles. The summed E-state index contributed by atoms with van der Waals surface area (Å²) in [6, 6.07) is 8.29. The van der Waals surface area contributed by atoms with Crippen LogP contribution in [0, 0.1) is 0 Å². The lowest BCUT2D eigenvalue weighted by atomic mass is 9.97. The number of para-hydroxylation sites is 1. The van der Waals surface area contributed by atoms with Gasteiger partial charge < -0.3 is 10.4 Å². The number of aliphatic hydroxyl groups is 1. The normalized spacial score (nSPS) is 27.5. The monoisotopic (exact) mass is 163 g/mol. The number of anilines is 1. The summed E-state index contributed by atoms with van der Waals surface area (Å²) in [6.07, 6.45) is 0.518. The van der Waals surface area contributed by atoms with E-state index in [1.807, 2.05) is 19.1 Å². The number of hydrogen-bond acceptors (Lipinski definition) is 2. The van der Waals surface area contributed by atoms with Crippen LogP contribution in [0.15, 0.2) is 24.3 Å². The van der Waals surface area contributed by atoms with Crippen molar-refractivity contribution in [3.05, 3.63) is 29.8 Å². The van der Waals surface area contributed by atoms with Crippen LogP contribution in [-0.2, 0) is 6.42 Å². The molecule has 0 bridgehead atoms. The first kappa shape index (κ1) is 7.62. The van der Waals surface area contributed by atoms with Crippen molar-refractivity contribution in [2.45, 2.75) is 25.5 Å². The van der Waals surface area contributed by atoms with Gasteiger partial charge in [0.15, 0.2) is 0 Å². The molecular formula is C10H13NO. The summed E-state index contributed by atoms with van der Waals surface area (Å²) in [6.45, 7) is 2.00. The Hall–Kier alpha value is -1.02. The summed E-state index contributed by atoms with van der Waals surface area (Å²) >= 11 is 0. The maximum absolute atomic E-state index is 9.56. The molecule has 2 heteroatoms. The molecule has 1 aromatic carbocycles. The number of fused-ring (bicyclic) bond motifs is 1. The molecule has 0 fully saturated rings. The molecule has 0 aromatic heterocycles. The Morgan fingerprint density at radius 2 is 2.17 bits per heavy atom. The lowest BCUT2D eigenvalue weighted by Gasteiger charge is -2.28. The highest BCUT2D eigenvalue weighted by molar-refractivity contribution is 5.54. The van der Waals surface area contributed by atoms with Crippen LogP contribution in [0.25, 0.3) is 0 Å². The predicted molar refractivity (Wildman–Crippen MR) is 49.2 cm³/mol. The van der Waals surface area contributed by atoms with E-state index in [0.29, 0.717) is 0 Å². The lowest BCUT2D eigenvalue weighted by molar-refractivity contribution is 0.154. The fourth-order valence-corrected chi connectivity index (χ4v) is 1.58. The van der Waals surface area contributed by atoms with Gasteiger partial charge in [0.05, 0.1) is 6.10 Å². The van der Waals surface area contributed by atoms with E-state index in [9.17, 15) is 5.11 Å². The number of benzene rings is 1. The van der Waals surface area contributed by atoms with Gasteiger partial charge in [-0.2, -0.15) is 0 Å². The van der Waals surface area contributed by atoms with Crippen LogP contribution < -0.4 is 5.32 Å². The minimum absolute atomic E-state index is 0.167. The van der Waals surface area contributed by atoms with Gasteiger partial charge in [0.25, 0.3) is 0 Å². The average molecular weight is 163 g/mol. The highest BCUT2D eigenvalue weighted by Gasteiger charge is 2.21. The van der Waals surface area contributed by atoms with Gasteiger partial charge in [0.1, 0.15) is 0 Å². The molecule has 1 aromatic rings. The van der Waals surface area contributed by atoms with Gasteiger partial charge in [-0.3, -0.25) is 0 Å². The molecule has 0 saturated heterocycles. The summed E-state index contributed by atoms with van der Waals surface area (Å²) in [7, 11) is 0. The zero-order chi connectivity index (χ0) is 8.55. The Bertz CT molecular complexity index is 256. The van der Waals surface area contributed by atoms with Crippen LogP contribution in [0.3, 0.4) is 0 Å². The summed E-state index contributed by atoms with van der Waals surface area (Å²) in [5.74, 6) is 0. The number of aliphatic hydroxyl groups excluding tert-OH is 1. The second-order valence-corrected chi connectivity index (χ2v) is 3.36. The molecule has 2 N–H and O–H groups in total. The van der Waals surface area contributed by atoms with Gasteiger partial charge in [-0.05, 0) is 18.6 Å². The van der Waals surface area contributed by atoms with Crippen molar-refractivity contribution in [3.8, 4) is 0 Å². The van der Waals surface area contributed by atoms with E-state index in [4.69, 9.17) is 0 Å². The van der Waals surface area contributed by atoms with Crippen molar-refractivity contribution in [2.24, 2.45) is 0 Å². The van der Waals surface area contributed by atoms with E-state index in [0.717, 1.165) is 12.1 Å². The topological polar surface area (TPSA) is 32.3 Å². The molecule has 2 atom stereocenters. The molecule has 1 aliphatic heterocycles. The van der Waals surface area contributed by atoms with Gasteiger partial charge in [-0.25, -0.2) is 0 Å². The van der Waals surface area contributed by atoms with Gasteiger partial charge in [0.2, 0.25) is 0 Å². The zero-order valence-electron chi connectivity index (χ0n) is 7.12. The van der Waals surface area contributed by atoms with E-state index < -0.39 is 0 Å². The van der Waals surface area contributed by atoms with Crippen molar-refractivity contribution in [3.63, 3.8) is 0 Å². The number of nitrogens with one attached hydrogen (secondary N) is 1. The largest absolute Gasteiger partial charge is 0.391 e. The third kappa shape index (κ3) is 1.18. The highest BCUT2D eigenvalue weighted by Crippen LogP contribution is 2.23. The highest BCUT2D eigenvalue weighted by atomic mass is 16.3. The van der Waals surface area contributed by atoms with E-state index in [-0.39, 0.29) is 12.1 Å². The molecule has 0 radical (unpaired) electrons. The maximum atomic E-state index is 9.56. The fraction of sp³-hybridized carbons (Fsp3) is 0.400. The van der Waals surface area contributed by atoms with Gasteiger partial charge in [-0.15, -0.1) is 0 Å². The lowest BCUT2D eigenvalue weighted by Crippen LogP contribution is -2.36. The summed E-state index contributed by atoms with van der Waals surface area (Å²) in [4.78, 5) is 0. The molecule has 2 nitrogen and oxygen atoms in total. The van der Waals surface area contributed by atoms with Crippen LogP contribution in [0.2, 0.25) is 0 Å². The third-order valence-electron chi connectivity index (χ3n) is 2.41. The van der Waals surface area contributed by atoms with Gasteiger partial charge in [0, 0.05) is 18.2 Å². The maximum Gasteiger partial charge on any atom is 0.0779 e. The molecule has 0 unspecified atom stereocenters. The molecule has 2 rings (SSSR count). The Labute approximate surface area is 72.2 Å². The summed E-state index contributed by atoms with van der Waals surface area (Å²) in [5, 5.41) is 12.8. The van der Waals surface area contributed by atoms with Crippen molar-refractivity contribution >= 4 is 5.69 Å².